The molecule has 2 heterocycles. The summed E-state index contributed by atoms with van der Waals surface area (Å²) >= 11 is 0. The molecule has 0 saturated heterocycles. The zero-order valence-electron chi connectivity index (χ0n) is 10.8. The van der Waals surface area contributed by atoms with Crippen molar-refractivity contribution in [2.45, 2.75) is 19.9 Å². The summed E-state index contributed by atoms with van der Waals surface area (Å²) in [5, 5.41) is 7.67. The van der Waals surface area contributed by atoms with Gasteiger partial charge in [-0.3, -0.25) is 0 Å². The highest BCUT2D eigenvalue weighted by atomic mass is 15.3. The fraction of sp³-hybridized carbons (Fsp3) is 0.500. The molecule has 0 aliphatic carbocycles. The summed E-state index contributed by atoms with van der Waals surface area (Å²) in [5.74, 6) is 0.685. The molecule has 0 radical (unpaired) electrons. The molecule has 0 amide bonds. The number of nitrogens with one attached hydrogen (secondary N) is 1. The van der Waals surface area contributed by atoms with E-state index in [0.717, 1.165) is 12.2 Å². The van der Waals surface area contributed by atoms with Gasteiger partial charge in [-0.15, -0.1) is 5.10 Å². The van der Waals surface area contributed by atoms with Crippen molar-refractivity contribution >= 4 is 11.6 Å². The van der Waals surface area contributed by atoms with Gasteiger partial charge in [0.2, 0.25) is 5.95 Å². The van der Waals surface area contributed by atoms with Gasteiger partial charge in [-0.1, -0.05) is 0 Å². The molecule has 0 aliphatic rings. The van der Waals surface area contributed by atoms with Crippen molar-refractivity contribution in [2.24, 2.45) is 0 Å². The molecule has 0 aromatic carbocycles. The Morgan fingerprint density at radius 1 is 1.47 bits per heavy atom. The fourth-order valence-electron chi connectivity index (χ4n) is 1.86. The van der Waals surface area contributed by atoms with Gasteiger partial charge >= 0.3 is 0 Å². The van der Waals surface area contributed by atoms with Crippen LogP contribution in [0.15, 0.2) is 18.3 Å². The van der Waals surface area contributed by atoms with Crippen molar-refractivity contribution in [3.05, 3.63) is 23.9 Å². The summed E-state index contributed by atoms with van der Waals surface area (Å²) < 4.78 is 1.79. The predicted molar refractivity (Wildman–Crippen MR) is 69.4 cm³/mol. The highest BCUT2D eigenvalue weighted by molar-refractivity contribution is 5.45. The Kier molecular flexibility index (Phi) is 3.28. The van der Waals surface area contributed by atoms with Crippen LogP contribution in [0.2, 0.25) is 0 Å². The third-order valence-electron chi connectivity index (χ3n) is 2.51. The Bertz CT molecular complexity index is 503. The molecule has 5 nitrogen and oxygen atoms in total. The Balaban J connectivity index is 2.14. The lowest BCUT2D eigenvalue weighted by atomic mass is 10.3. The average Bonchev–Trinajstić information content (AvgIpc) is 2.57. The van der Waals surface area contributed by atoms with Gasteiger partial charge in [0.15, 0.2) is 5.65 Å². The number of hydrogen-bond donors (Lipinski definition) is 1. The molecule has 1 N–H and O–H groups in total. The molecule has 0 bridgehead atoms. The molecule has 2 rings (SSSR count). The van der Waals surface area contributed by atoms with E-state index in [1.165, 1.54) is 5.56 Å². The second-order valence-corrected chi connectivity index (χ2v) is 4.75. The topological polar surface area (TPSA) is 45.5 Å². The lowest BCUT2D eigenvalue weighted by molar-refractivity contribution is 0.391. The molecule has 1 unspecified atom stereocenters. The second-order valence-electron chi connectivity index (χ2n) is 4.75. The van der Waals surface area contributed by atoms with Crippen LogP contribution in [-0.4, -0.2) is 46.2 Å². The van der Waals surface area contributed by atoms with Crippen LogP contribution in [0.4, 0.5) is 5.95 Å². The van der Waals surface area contributed by atoms with Gasteiger partial charge in [0, 0.05) is 18.8 Å². The van der Waals surface area contributed by atoms with E-state index in [0.29, 0.717) is 12.0 Å². The van der Waals surface area contributed by atoms with E-state index in [1.807, 2.05) is 18.3 Å². The van der Waals surface area contributed by atoms with Crippen LogP contribution in [0.5, 0.6) is 0 Å². The molecule has 0 spiro atoms. The molecule has 0 fully saturated rings. The van der Waals surface area contributed by atoms with Crippen molar-refractivity contribution in [2.75, 3.05) is 26.0 Å². The number of anilines is 1. The van der Waals surface area contributed by atoms with E-state index < -0.39 is 0 Å². The number of aryl methyl sites for hydroxylation is 1. The Morgan fingerprint density at radius 3 is 2.94 bits per heavy atom. The molecule has 1 atom stereocenters. The summed E-state index contributed by atoms with van der Waals surface area (Å²) in [5.41, 5.74) is 2.07. The number of rotatable bonds is 4. The van der Waals surface area contributed by atoms with E-state index in [9.17, 15) is 0 Å². The van der Waals surface area contributed by atoms with Crippen LogP contribution < -0.4 is 5.32 Å². The number of pyridine rings is 1. The standard InChI is InChI=1S/C12H19N5/c1-9-5-6-17-11(7-9)14-12(15-17)13-10(2)8-16(3)4/h5-7,10H,8H2,1-4H3,(H,13,15). The SMILES string of the molecule is Cc1ccn2nc(NC(C)CN(C)C)nc2c1. The Labute approximate surface area is 101 Å². The molecule has 92 valence electrons. The summed E-state index contributed by atoms with van der Waals surface area (Å²) in [6, 6.07) is 4.37. The second kappa shape index (κ2) is 4.71. The maximum Gasteiger partial charge on any atom is 0.243 e. The van der Waals surface area contributed by atoms with Gasteiger partial charge in [-0.2, -0.15) is 4.98 Å². The molecular formula is C12H19N5. The Morgan fingerprint density at radius 2 is 2.24 bits per heavy atom. The first-order valence-electron chi connectivity index (χ1n) is 5.79. The maximum atomic E-state index is 4.44. The number of likely N-dealkylation sites (N-methyl/N-ethyl adjacent to an activating group) is 1. The molecule has 0 aliphatic heterocycles. The highest BCUT2D eigenvalue weighted by Gasteiger charge is 2.07. The molecule has 2 aromatic rings. The minimum absolute atomic E-state index is 0.323. The Hall–Kier alpha value is -1.62. The minimum Gasteiger partial charge on any atom is -0.349 e. The van der Waals surface area contributed by atoms with E-state index in [1.54, 1.807) is 4.52 Å². The number of nitrogens with zero attached hydrogens (tertiary/aromatic N) is 4. The van der Waals surface area contributed by atoms with Crippen LogP contribution in [-0.2, 0) is 0 Å². The quantitative estimate of drug-likeness (QED) is 0.867. The third kappa shape index (κ3) is 2.94. The van der Waals surface area contributed by atoms with Crippen LogP contribution in [0.3, 0.4) is 0 Å². The first kappa shape index (κ1) is 11.9. The zero-order chi connectivity index (χ0) is 12.4. The number of aromatic nitrogens is 3. The minimum atomic E-state index is 0.323. The van der Waals surface area contributed by atoms with Crippen LogP contribution in [0, 0.1) is 6.92 Å². The van der Waals surface area contributed by atoms with Crippen LogP contribution in [0.25, 0.3) is 5.65 Å². The smallest absolute Gasteiger partial charge is 0.243 e. The predicted octanol–water partition coefficient (Wildman–Crippen LogP) is 1.40. The molecule has 2 aromatic heterocycles. The van der Waals surface area contributed by atoms with Crippen LogP contribution in [0.1, 0.15) is 12.5 Å². The maximum absolute atomic E-state index is 4.44. The van der Waals surface area contributed by atoms with Gasteiger partial charge < -0.3 is 10.2 Å². The largest absolute Gasteiger partial charge is 0.349 e. The highest BCUT2D eigenvalue weighted by Crippen LogP contribution is 2.08. The van der Waals surface area contributed by atoms with Gasteiger partial charge in [-0.05, 0) is 45.6 Å². The molecule has 5 heteroatoms. The van der Waals surface area contributed by atoms with Crippen molar-refractivity contribution in [1.29, 1.82) is 0 Å². The van der Waals surface area contributed by atoms with Crippen LogP contribution >= 0.6 is 0 Å². The first-order chi connectivity index (χ1) is 8.04. The summed E-state index contributed by atoms with van der Waals surface area (Å²) in [7, 11) is 4.11. The number of hydrogen-bond acceptors (Lipinski definition) is 4. The van der Waals surface area contributed by atoms with Gasteiger partial charge in [-0.25, -0.2) is 4.52 Å². The third-order valence-corrected chi connectivity index (χ3v) is 2.51. The fourth-order valence-corrected chi connectivity index (χ4v) is 1.86. The van der Waals surface area contributed by atoms with E-state index >= 15 is 0 Å². The van der Waals surface area contributed by atoms with Crippen molar-refractivity contribution in [3.8, 4) is 0 Å². The zero-order valence-corrected chi connectivity index (χ0v) is 10.8. The van der Waals surface area contributed by atoms with E-state index in [-0.39, 0.29) is 0 Å². The molecular weight excluding hydrogens is 214 g/mol. The lowest BCUT2D eigenvalue weighted by Crippen LogP contribution is -2.30. The molecule has 17 heavy (non-hydrogen) atoms. The summed E-state index contributed by atoms with van der Waals surface area (Å²) in [4.78, 5) is 6.58. The van der Waals surface area contributed by atoms with Gasteiger partial charge in [0.1, 0.15) is 0 Å². The van der Waals surface area contributed by atoms with Crippen molar-refractivity contribution in [3.63, 3.8) is 0 Å². The normalized spacial score (nSPS) is 13.2. The summed E-state index contributed by atoms with van der Waals surface area (Å²) in [6.07, 6.45) is 1.93. The van der Waals surface area contributed by atoms with Crippen molar-refractivity contribution in [1.82, 2.24) is 19.5 Å². The number of fused-ring (bicyclic) bond motifs is 1. The molecule has 0 saturated carbocycles. The van der Waals surface area contributed by atoms with Gasteiger partial charge in [0.25, 0.3) is 0 Å². The average molecular weight is 233 g/mol. The van der Waals surface area contributed by atoms with Gasteiger partial charge in [0.05, 0.1) is 0 Å². The van der Waals surface area contributed by atoms with E-state index in [2.05, 4.69) is 48.2 Å². The lowest BCUT2D eigenvalue weighted by Gasteiger charge is -2.16. The monoisotopic (exact) mass is 233 g/mol. The van der Waals surface area contributed by atoms with E-state index in [4.69, 9.17) is 0 Å². The first-order valence-corrected chi connectivity index (χ1v) is 5.79. The van der Waals surface area contributed by atoms with Crippen molar-refractivity contribution < 1.29 is 0 Å². The summed E-state index contributed by atoms with van der Waals surface area (Å²) in [6.45, 7) is 5.13.